The average Bonchev–Trinajstić information content (AvgIpc) is 3.35. The largest absolute Gasteiger partial charge is 0.396 e. The van der Waals surface area contributed by atoms with Crippen LogP contribution in [0, 0.1) is 0 Å². The van der Waals surface area contributed by atoms with Crippen LogP contribution in [-0.2, 0) is 16.4 Å². The van der Waals surface area contributed by atoms with Crippen LogP contribution in [0.3, 0.4) is 0 Å². The van der Waals surface area contributed by atoms with Crippen molar-refractivity contribution in [3.05, 3.63) is 52.2 Å². The van der Waals surface area contributed by atoms with Crippen molar-refractivity contribution in [1.82, 2.24) is 9.97 Å². The van der Waals surface area contributed by atoms with Gasteiger partial charge in [-0.25, -0.2) is 13.4 Å². The fourth-order valence-corrected chi connectivity index (χ4v) is 5.91. The Balaban J connectivity index is 1.74. The standard InChI is InChI=1S/C17H15N3O3S3/c21-7-4-14-15(5-8-24-14)26(22,23)20-12-3-1-2-11-10-13(19-16(11)12)17-18-6-9-25-17/h1-3,5-6,8-10,19-21H,4,7H2. The van der Waals surface area contributed by atoms with Gasteiger partial charge < -0.3 is 10.1 Å². The number of aromatic amines is 1. The third-order valence-corrected chi connectivity index (χ3v) is 7.26. The number of thiazole rings is 1. The van der Waals surface area contributed by atoms with Gasteiger partial charge in [-0.15, -0.1) is 22.7 Å². The smallest absolute Gasteiger partial charge is 0.263 e. The zero-order chi connectivity index (χ0) is 18.1. The number of nitrogens with one attached hydrogen (secondary N) is 2. The van der Waals surface area contributed by atoms with E-state index in [0.29, 0.717) is 22.5 Å². The number of hydrogen-bond donors (Lipinski definition) is 3. The van der Waals surface area contributed by atoms with Crippen LogP contribution in [-0.4, -0.2) is 30.1 Å². The summed E-state index contributed by atoms with van der Waals surface area (Å²) in [4.78, 5) is 8.39. The van der Waals surface area contributed by atoms with E-state index < -0.39 is 10.0 Å². The summed E-state index contributed by atoms with van der Waals surface area (Å²) in [5.74, 6) is 0. The molecule has 6 nitrogen and oxygen atoms in total. The quantitative estimate of drug-likeness (QED) is 0.456. The molecule has 134 valence electrons. The predicted molar refractivity (Wildman–Crippen MR) is 105 cm³/mol. The highest BCUT2D eigenvalue weighted by molar-refractivity contribution is 7.93. The number of aliphatic hydroxyl groups is 1. The summed E-state index contributed by atoms with van der Waals surface area (Å²) < 4.78 is 28.3. The molecule has 4 rings (SSSR count). The van der Waals surface area contributed by atoms with Gasteiger partial charge in [-0.05, 0) is 23.6 Å². The lowest BCUT2D eigenvalue weighted by Crippen LogP contribution is -2.14. The molecule has 0 fully saturated rings. The van der Waals surface area contributed by atoms with E-state index in [9.17, 15) is 8.42 Å². The van der Waals surface area contributed by atoms with Crippen LogP contribution in [0.25, 0.3) is 21.6 Å². The van der Waals surface area contributed by atoms with Gasteiger partial charge in [0.25, 0.3) is 10.0 Å². The van der Waals surface area contributed by atoms with Crippen LogP contribution in [0.1, 0.15) is 4.88 Å². The van der Waals surface area contributed by atoms with E-state index in [-0.39, 0.29) is 11.5 Å². The summed E-state index contributed by atoms with van der Waals surface area (Å²) in [6.45, 7) is -0.0909. The molecule has 0 amide bonds. The van der Waals surface area contributed by atoms with Gasteiger partial charge in [0.2, 0.25) is 0 Å². The lowest BCUT2D eigenvalue weighted by Gasteiger charge is -2.09. The van der Waals surface area contributed by atoms with Crippen molar-refractivity contribution in [2.75, 3.05) is 11.3 Å². The summed E-state index contributed by atoms with van der Waals surface area (Å²) in [5.41, 5.74) is 2.03. The van der Waals surface area contributed by atoms with Gasteiger partial charge in [0.05, 0.1) is 16.9 Å². The molecule has 0 aliphatic heterocycles. The Kier molecular flexibility index (Phi) is 4.53. The van der Waals surface area contributed by atoms with Crippen molar-refractivity contribution in [1.29, 1.82) is 0 Å². The maximum absolute atomic E-state index is 12.8. The molecule has 0 bridgehead atoms. The first kappa shape index (κ1) is 17.2. The number of sulfonamides is 1. The maximum Gasteiger partial charge on any atom is 0.263 e. The minimum Gasteiger partial charge on any atom is -0.396 e. The molecule has 1 aromatic carbocycles. The number of H-pyrrole nitrogens is 1. The fourth-order valence-electron chi connectivity index (χ4n) is 2.76. The zero-order valence-electron chi connectivity index (χ0n) is 13.5. The molecule has 3 heterocycles. The topological polar surface area (TPSA) is 95.1 Å². The van der Waals surface area contributed by atoms with Crippen LogP contribution >= 0.6 is 22.7 Å². The number of hydrogen-bond acceptors (Lipinski definition) is 6. The molecule has 0 saturated carbocycles. The van der Waals surface area contributed by atoms with Gasteiger partial charge in [0.1, 0.15) is 9.90 Å². The van der Waals surface area contributed by atoms with E-state index in [0.717, 1.165) is 16.1 Å². The zero-order valence-corrected chi connectivity index (χ0v) is 15.9. The van der Waals surface area contributed by atoms with Gasteiger partial charge in [0, 0.05) is 34.9 Å². The second-order valence-corrected chi connectivity index (χ2v) is 9.12. The second-order valence-electron chi connectivity index (χ2n) is 5.58. The molecule has 0 aliphatic carbocycles. The molecule has 0 saturated heterocycles. The first-order chi connectivity index (χ1) is 12.6. The van der Waals surface area contributed by atoms with E-state index in [1.54, 1.807) is 23.7 Å². The molecule has 3 N–H and O–H groups in total. The van der Waals surface area contributed by atoms with Crippen molar-refractivity contribution in [3.8, 4) is 10.7 Å². The van der Waals surface area contributed by atoms with Crippen LogP contribution < -0.4 is 4.72 Å². The Bertz CT molecular complexity index is 1140. The normalized spacial score (nSPS) is 11.9. The summed E-state index contributed by atoms with van der Waals surface area (Å²) in [7, 11) is -3.74. The monoisotopic (exact) mass is 405 g/mol. The lowest BCUT2D eigenvalue weighted by atomic mass is 10.2. The molecule has 9 heteroatoms. The number of rotatable bonds is 6. The predicted octanol–water partition coefficient (Wildman–Crippen LogP) is 3.69. The Morgan fingerprint density at radius 3 is 2.85 bits per heavy atom. The van der Waals surface area contributed by atoms with Crippen molar-refractivity contribution in [3.63, 3.8) is 0 Å². The highest BCUT2D eigenvalue weighted by Crippen LogP contribution is 2.32. The van der Waals surface area contributed by atoms with Crippen molar-refractivity contribution in [2.45, 2.75) is 11.3 Å². The van der Waals surface area contributed by atoms with Gasteiger partial charge in [-0.1, -0.05) is 12.1 Å². The number of aromatic nitrogens is 2. The number of aliphatic hydroxyl groups excluding tert-OH is 1. The number of thiophene rings is 1. The third-order valence-electron chi connectivity index (χ3n) is 3.90. The van der Waals surface area contributed by atoms with Gasteiger partial charge in [-0.3, -0.25) is 4.72 Å². The maximum atomic E-state index is 12.8. The number of fused-ring (bicyclic) bond motifs is 1. The number of anilines is 1. The minimum atomic E-state index is -3.74. The Morgan fingerprint density at radius 1 is 1.19 bits per heavy atom. The van der Waals surface area contributed by atoms with E-state index in [1.807, 2.05) is 23.6 Å². The van der Waals surface area contributed by atoms with E-state index in [1.165, 1.54) is 22.7 Å². The van der Waals surface area contributed by atoms with Gasteiger partial charge >= 0.3 is 0 Å². The van der Waals surface area contributed by atoms with Crippen molar-refractivity contribution in [2.24, 2.45) is 0 Å². The molecule has 26 heavy (non-hydrogen) atoms. The Morgan fingerprint density at radius 2 is 2.08 bits per heavy atom. The first-order valence-electron chi connectivity index (χ1n) is 7.80. The molecule has 0 unspecified atom stereocenters. The molecule has 0 radical (unpaired) electrons. The molecule has 3 aromatic heterocycles. The fraction of sp³-hybridized carbons (Fsp3) is 0.118. The highest BCUT2D eigenvalue weighted by Gasteiger charge is 2.21. The van der Waals surface area contributed by atoms with E-state index in [2.05, 4.69) is 14.7 Å². The Labute approximate surface area is 158 Å². The summed E-state index contributed by atoms with van der Waals surface area (Å²) in [6, 6.07) is 8.96. The number of benzene rings is 1. The van der Waals surface area contributed by atoms with E-state index >= 15 is 0 Å². The highest BCUT2D eigenvalue weighted by atomic mass is 32.2. The lowest BCUT2D eigenvalue weighted by molar-refractivity contribution is 0.300. The average molecular weight is 406 g/mol. The third kappa shape index (κ3) is 3.14. The summed E-state index contributed by atoms with van der Waals surface area (Å²) >= 11 is 2.84. The van der Waals surface area contributed by atoms with Crippen LogP contribution in [0.4, 0.5) is 5.69 Å². The number of para-hydroxylation sites is 1. The molecular weight excluding hydrogens is 390 g/mol. The summed E-state index contributed by atoms with van der Waals surface area (Å²) in [6.07, 6.45) is 2.04. The minimum absolute atomic E-state index is 0.0909. The second kappa shape index (κ2) is 6.84. The van der Waals surface area contributed by atoms with Crippen LogP contribution in [0.5, 0.6) is 0 Å². The van der Waals surface area contributed by atoms with Crippen molar-refractivity contribution >= 4 is 49.3 Å². The Hall–Kier alpha value is -2.20. The SMILES string of the molecule is O=S(=O)(Nc1cccc2cc(-c3nccs3)[nH]c12)c1ccsc1CCO. The first-order valence-corrected chi connectivity index (χ1v) is 11.0. The number of nitrogens with zero attached hydrogens (tertiary/aromatic N) is 1. The van der Waals surface area contributed by atoms with E-state index in [4.69, 9.17) is 5.11 Å². The molecule has 0 spiro atoms. The van der Waals surface area contributed by atoms with Crippen LogP contribution in [0.2, 0.25) is 0 Å². The summed E-state index contributed by atoms with van der Waals surface area (Å²) in [5, 5.41) is 14.5. The van der Waals surface area contributed by atoms with Gasteiger partial charge in [0.15, 0.2) is 0 Å². The molecule has 0 atom stereocenters. The molecular formula is C17H15N3O3S3. The molecule has 0 aliphatic rings. The van der Waals surface area contributed by atoms with Crippen LogP contribution in [0.15, 0.2) is 52.2 Å². The van der Waals surface area contributed by atoms with Crippen molar-refractivity contribution < 1.29 is 13.5 Å². The molecule has 4 aromatic rings. The van der Waals surface area contributed by atoms with Gasteiger partial charge in [-0.2, -0.15) is 0 Å².